The number of cyclic esters (lactones) is 1. The van der Waals surface area contributed by atoms with Crippen molar-refractivity contribution >= 4 is 145 Å². The lowest BCUT2D eigenvalue weighted by atomic mass is 9.80. The Hall–Kier alpha value is -10.5. The number of hydrogen-bond acceptors (Lipinski definition) is 31. The number of allylic oxidation sites excluding steroid dienone is 1. The number of thiazole rings is 4. The fourth-order valence-electron chi connectivity index (χ4n) is 12.3. The maximum Gasteiger partial charge on any atom is 0.357 e. The zero-order valence-electron chi connectivity index (χ0n) is 63.0. The Balaban J connectivity index is 1.18. The first-order valence-electron chi connectivity index (χ1n) is 35.6. The summed E-state index contributed by atoms with van der Waals surface area (Å²) in [5.41, 5.74) is -1.79. The van der Waals surface area contributed by atoms with Gasteiger partial charge >= 0.3 is 5.97 Å². The van der Waals surface area contributed by atoms with E-state index in [1.807, 2.05) is 0 Å². The number of esters is 1. The molecule has 42 heteroatoms. The first kappa shape index (κ1) is 85.9. The van der Waals surface area contributed by atoms with Gasteiger partial charge in [-0.05, 0) is 85.8 Å². The number of carbonyl (C=O) groups excluding carboxylic acids is 12. The molecule has 11 amide bonds. The maximum absolute atomic E-state index is 15.4. The van der Waals surface area contributed by atoms with E-state index >= 15 is 14.4 Å². The first-order valence-corrected chi connectivity index (χ1v) is 40.1. The van der Waals surface area contributed by atoms with Gasteiger partial charge in [-0.1, -0.05) is 58.2 Å². The number of aliphatic hydroxyl groups excluding tert-OH is 4. The first-order chi connectivity index (χ1) is 53.7. The number of amides is 11. The number of carbonyl (C=O) groups is 12. The second-order valence-corrected chi connectivity index (χ2v) is 32.3. The monoisotopic (exact) mass is 1660 g/mol. The maximum atomic E-state index is 15.4. The number of fused-ring (bicyclic) bond motifs is 7. The molecule has 9 heterocycles. The van der Waals surface area contributed by atoms with E-state index in [2.05, 4.69) is 98.2 Å². The van der Waals surface area contributed by atoms with E-state index in [1.54, 1.807) is 26.8 Å². The van der Waals surface area contributed by atoms with Crippen LogP contribution in [0.25, 0.3) is 6.08 Å². The molecule has 10 rings (SSSR count). The molecule has 606 valence electrons. The number of nitrogens with zero attached hydrogens (tertiary/aromatic N) is 7. The van der Waals surface area contributed by atoms with Crippen LogP contribution in [0.4, 0.5) is 0 Å². The minimum Gasteiger partial charge on any atom is -0.455 e. The van der Waals surface area contributed by atoms with Crippen LogP contribution >= 0.6 is 57.1 Å². The van der Waals surface area contributed by atoms with Gasteiger partial charge in [-0.15, -0.1) is 57.1 Å². The van der Waals surface area contributed by atoms with Gasteiger partial charge in [0.05, 0.1) is 70.3 Å². The molecular weight excluding hydrogens is 1580 g/mol. The largest absolute Gasteiger partial charge is 0.455 e. The van der Waals surface area contributed by atoms with Gasteiger partial charge < -0.3 is 89.2 Å². The molecule has 17 atom stereocenters. The molecule has 0 spiro atoms. The number of nitrogens with two attached hydrogens (primary N) is 1. The highest BCUT2D eigenvalue weighted by atomic mass is 32.2. The Labute approximate surface area is 671 Å². The lowest BCUT2D eigenvalue weighted by molar-refractivity contribution is -0.131. The normalized spacial score (nSPS) is 26.9. The Bertz CT molecular complexity index is 4880. The minimum absolute atomic E-state index is 0.0158. The molecule has 0 saturated heterocycles. The van der Waals surface area contributed by atoms with E-state index < -0.39 is 196 Å². The van der Waals surface area contributed by atoms with Crippen molar-refractivity contribution < 1.29 is 87.8 Å². The highest BCUT2D eigenvalue weighted by molar-refractivity contribution is 8.14. The van der Waals surface area contributed by atoms with Crippen LogP contribution < -0.4 is 64.2 Å². The molecule has 5 aromatic rings. The van der Waals surface area contributed by atoms with Crippen LogP contribution in [0.1, 0.15) is 203 Å². The molecule has 1 aliphatic carbocycles. The van der Waals surface area contributed by atoms with E-state index in [1.165, 1.54) is 88.2 Å². The summed E-state index contributed by atoms with van der Waals surface area (Å²) in [6.07, 6.45) is -3.18. The lowest BCUT2D eigenvalue weighted by Crippen LogP contribution is -2.57. The van der Waals surface area contributed by atoms with Gasteiger partial charge in [0.15, 0.2) is 0 Å². The number of aliphatic hydroxyl groups is 5. The number of nitrogens with one attached hydrogen (secondary N) is 11. The van der Waals surface area contributed by atoms with Crippen molar-refractivity contribution in [2.45, 2.75) is 185 Å². The van der Waals surface area contributed by atoms with Crippen LogP contribution in [0, 0.1) is 5.92 Å². The number of aliphatic imine (C=N–C) groups is 2. The molecule has 0 aromatic carbocycles. The van der Waals surface area contributed by atoms with E-state index in [-0.39, 0.29) is 94.7 Å². The van der Waals surface area contributed by atoms with Crippen molar-refractivity contribution in [3.63, 3.8) is 0 Å². The van der Waals surface area contributed by atoms with Crippen LogP contribution in [0.15, 0.2) is 92.2 Å². The van der Waals surface area contributed by atoms with Crippen LogP contribution in [0.3, 0.4) is 0 Å². The SMILES string of the molecule is C=C(NC(=O)C(=C)NC(=O)c1csc(C2=NC3c4csc(n4)C4NC(=O)c5csc(n5)C([C@@](C)(O)C(C)O)NC(=O)C5CSC(=N5)C(=CC)NC(=O)C(C(C)O)NC(=O)c5csc(n5)[C@]3(CC2)NC(=O)C(C)NC(=O)C(=C)NC(=O)C(C)NC(=O)C(C(C)CC)NC2C=Cc3c(C(C)O)cc(nc3C2O)C(=O)OC4C)n1)C(N)=O. The molecule has 13 bridgehead atoms. The topological polar surface area (TPSA) is 563 Å². The summed E-state index contributed by atoms with van der Waals surface area (Å²) in [5.74, 6) is -12.2. The third-order valence-corrected chi connectivity index (χ3v) is 24.3. The number of primary amides is 1. The van der Waals surface area contributed by atoms with Gasteiger partial charge in [0.25, 0.3) is 35.4 Å². The Morgan fingerprint density at radius 3 is 2.12 bits per heavy atom. The van der Waals surface area contributed by atoms with Crippen molar-refractivity contribution in [2.75, 3.05) is 5.75 Å². The predicted octanol–water partition coefficient (Wildman–Crippen LogP) is 0.774. The third kappa shape index (κ3) is 18.6. The number of hydrogen-bond donors (Lipinski definition) is 17. The smallest absolute Gasteiger partial charge is 0.357 e. The lowest BCUT2D eigenvalue weighted by Gasteiger charge is -2.41. The highest BCUT2D eigenvalue weighted by Gasteiger charge is 2.51. The molecule has 18 N–H and O–H groups in total. The number of rotatable bonds is 12. The van der Waals surface area contributed by atoms with Crippen molar-refractivity contribution in [2.24, 2.45) is 21.6 Å². The van der Waals surface area contributed by atoms with E-state index in [9.17, 15) is 68.7 Å². The molecule has 4 aliphatic heterocycles. The fraction of sp³-hybridized carbons (Fsp3) is 0.431. The molecule has 5 aliphatic rings. The molecule has 114 heavy (non-hydrogen) atoms. The molecule has 0 saturated carbocycles. The van der Waals surface area contributed by atoms with Crippen molar-refractivity contribution in [1.82, 2.24) is 83.4 Å². The van der Waals surface area contributed by atoms with Crippen LogP contribution in [-0.2, 0) is 48.6 Å². The molecule has 0 fully saturated rings. The Morgan fingerprint density at radius 2 is 1.45 bits per heavy atom. The van der Waals surface area contributed by atoms with Crippen LogP contribution in [0.2, 0.25) is 0 Å². The molecule has 0 radical (unpaired) electrons. The van der Waals surface area contributed by atoms with E-state index in [0.29, 0.717) is 6.42 Å². The highest BCUT2D eigenvalue weighted by Crippen LogP contribution is 2.48. The van der Waals surface area contributed by atoms with E-state index in [4.69, 9.17) is 25.4 Å². The van der Waals surface area contributed by atoms with Crippen molar-refractivity contribution in [3.8, 4) is 0 Å². The van der Waals surface area contributed by atoms with Gasteiger partial charge in [-0.25, -0.2) is 29.7 Å². The Morgan fingerprint density at radius 1 is 0.763 bits per heavy atom. The van der Waals surface area contributed by atoms with Crippen LogP contribution in [-0.4, -0.2) is 198 Å². The fourth-order valence-corrected chi connectivity index (χ4v) is 17.2. The van der Waals surface area contributed by atoms with Gasteiger partial charge in [0.1, 0.15) is 113 Å². The van der Waals surface area contributed by atoms with E-state index in [0.717, 1.165) is 57.1 Å². The summed E-state index contributed by atoms with van der Waals surface area (Å²) in [6, 6.07) is -11.6. The number of thioether (sulfide) groups is 1. The quantitative estimate of drug-likeness (QED) is 0.0606. The average Bonchev–Trinajstić information content (AvgIpc) is 1.50. The van der Waals surface area contributed by atoms with Crippen LogP contribution in [0.5, 0.6) is 0 Å². The Kier molecular flexibility index (Phi) is 26.7. The summed E-state index contributed by atoms with van der Waals surface area (Å²) in [7, 11) is 0. The summed E-state index contributed by atoms with van der Waals surface area (Å²) in [5, 5.41) is 92.2. The number of pyridine rings is 1. The summed E-state index contributed by atoms with van der Waals surface area (Å²) >= 11 is 4.42. The number of ether oxygens (including phenoxy) is 1. The molecule has 5 aromatic heterocycles. The van der Waals surface area contributed by atoms with Crippen molar-refractivity contribution in [3.05, 3.63) is 148 Å². The summed E-state index contributed by atoms with van der Waals surface area (Å²) in [6.45, 7) is 24.9. The second kappa shape index (κ2) is 35.5. The standard InChI is InChI=1S/C72H85N19O18S5/c1-14-26(3)47-63(105)78-30(7)57(99)75-28(5)56(98)76-31(8)58(100)91-72-19-18-40(66-85-43(22-111-66)59(101)77-29(6)55(97)74-27(4)54(73)96)81-52(72)42-21-112-67(83-42)49(34(11)109-69(107)41-20-37(32(9)92)36-16-17-39(79-47)51(95)50(36)80-41)89-60(102)44-24-113-68(86-44)53(71(13,108)35(12)94)90-62(104)45-23-110-65(84-45)38(15-2)82-64(106)48(33(10)93)88-61(103)46-25-114-70(72)87-46/h15-17,20-22,24-26,30-35,39,45,47-49,51-53,79,92-95,108H,4-6,14,18-19,23H2,1-3,7-13H3,(H2,73,96)(H,74,97)(H,75,99)(H,76,98)(H,77,101)(H,78,105)(H,82,106)(H,88,103)(H,89,102)(H,90,104)(H,91,100)/t26?,30?,31?,32?,33?,34?,35?,39?,45?,47?,48?,49?,51?,52?,53?,71-,72+/m0/s1. The molecular formula is C72H85N19O18S5. The van der Waals surface area contributed by atoms with Gasteiger partial charge in [0, 0.05) is 32.8 Å². The summed E-state index contributed by atoms with van der Waals surface area (Å²) < 4.78 is 6.26. The van der Waals surface area contributed by atoms with Gasteiger partial charge in [-0.3, -0.25) is 68.0 Å². The minimum atomic E-state index is -2.21. The van der Waals surface area contributed by atoms with Gasteiger partial charge in [-0.2, -0.15) is 0 Å². The second-order valence-electron chi connectivity index (χ2n) is 27.8. The average molecular weight is 1660 g/mol. The summed E-state index contributed by atoms with van der Waals surface area (Å²) in [4.78, 5) is 204. The third-order valence-electron chi connectivity index (χ3n) is 19.5. The number of aromatic nitrogens is 5. The molecule has 15 unspecified atom stereocenters. The van der Waals surface area contributed by atoms with Gasteiger partial charge in [0.2, 0.25) is 29.5 Å². The van der Waals surface area contributed by atoms with Crippen molar-refractivity contribution in [1.29, 1.82) is 0 Å². The predicted molar refractivity (Wildman–Crippen MR) is 418 cm³/mol. The molecule has 37 nitrogen and oxygen atoms in total. The zero-order chi connectivity index (χ0) is 83.4. The zero-order valence-corrected chi connectivity index (χ0v) is 67.1.